The molecule has 0 unspecified atom stereocenters. The third kappa shape index (κ3) is 3.51. The van der Waals surface area contributed by atoms with Crippen LogP contribution in [0.1, 0.15) is 15.9 Å². The van der Waals surface area contributed by atoms with E-state index >= 15 is 0 Å². The number of amides is 1. The highest BCUT2D eigenvalue weighted by Crippen LogP contribution is 2.19. The maximum atomic E-state index is 12.1. The van der Waals surface area contributed by atoms with Crippen LogP contribution in [-0.2, 0) is 6.54 Å². The fourth-order valence-electron chi connectivity index (χ4n) is 1.87. The van der Waals surface area contributed by atoms with Gasteiger partial charge in [-0.25, -0.2) is 0 Å². The molecule has 0 spiro atoms. The summed E-state index contributed by atoms with van der Waals surface area (Å²) in [4.78, 5) is 12.1. The number of nitrogens with two attached hydrogens (primary N) is 1. The van der Waals surface area contributed by atoms with Crippen molar-refractivity contribution < 1.29 is 9.53 Å². The molecule has 0 aliphatic carbocycles. The number of methoxy groups -OCH3 is 1. The minimum atomic E-state index is -0.177. The Bertz CT molecular complexity index is 609. The van der Waals surface area contributed by atoms with E-state index in [0.717, 1.165) is 15.8 Å². The molecule has 0 heterocycles. The Balaban J connectivity index is 2.08. The van der Waals surface area contributed by atoms with Crippen LogP contribution in [0.25, 0.3) is 0 Å². The molecule has 2 rings (SSSR count). The van der Waals surface area contributed by atoms with E-state index in [1.165, 1.54) is 0 Å². The van der Waals surface area contributed by atoms with Gasteiger partial charge in [0.2, 0.25) is 0 Å². The largest absolute Gasteiger partial charge is 0.496 e. The highest BCUT2D eigenvalue weighted by atomic mass is 79.9. The summed E-state index contributed by atoms with van der Waals surface area (Å²) < 4.78 is 6.02. The second-order valence-corrected chi connectivity index (χ2v) is 5.18. The van der Waals surface area contributed by atoms with E-state index in [1.807, 2.05) is 24.3 Å². The standard InChI is InChI=1S/C15H15BrN2O2/c1-20-14-5-3-2-4-10(14)9-18-15(19)11-6-12(16)8-13(17)7-11/h2-8H,9,17H2,1H3,(H,18,19). The zero-order valence-corrected chi connectivity index (χ0v) is 12.6. The fraction of sp³-hybridized carbons (Fsp3) is 0.133. The van der Waals surface area contributed by atoms with E-state index in [2.05, 4.69) is 21.2 Å². The number of carbonyl (C=O) groups excluding carboxylic acids is 1. The highest BCUT2D eigenvalue weighted by Gasteiger charge is 2.08. The van der Waals surface area contributed by atoms with Gasteiger partial charge in [0.05, 0.1) is 7.11 Å². The van der Waals surface area contributed by atoms with Crippen molar-refractivity contribution in [1.82, 2.24) is 5.32 Å². The molecular formula is C15H15BrN2O2. The van der Waals surface area contributed by atoms with Crippen LogP contribution in [0.15, 0.2) is 46.9 Å². The van der Waals surface area contributed by atoms with Crippen LogP contribution in [0.2, 0.25) is 0 Å². The molecule has 3 N–H and O–H groups in total. The maximum absolute atomic E-state index is 12.1. The van der Waals surface area contributed by atoms with Crippen molar-refractivity contribution in [3.05, 3.63) is 58.1 Å². The van der Waals surface area contributed by atoms with Crippen molar-refractivity contribution in [3.8, 4) is 5.75 Å². The number of carbonyl (C=O) groups is 1. The molecule has 0 aliphatic rings. The smallest absolute Gasteiger partial charge is 0.251 e. The number of nitrogen functional groups attached to an aromatic ring is 1. The van der Waals surface area contributed by atoms with Crippen LogP contribution in [0.5, 0.6) is 5.75 Å². The van der Waals surface area contributed by atoms with Gasteiger partial charge in [0.1, 0.15) is 5.75 Å². The van der Waals surface area contributed by atoms with E-state index in [1.54, 1.807) is 25.3 Å². The first-order valence-electron chi connectivity index (χ1n) is 6.06. The molecule has 0 aromatic heterocycles. The zero-order valence-electron chi connectivity index (χ0n) is 11.0. The molecule has 0 radical (unpaired) electrons. The van der Waals surface area contributed by atoms with Crippen molar-refractivity contribution in [2.24, 2.45) is 0 Å². The van der Waals surface area contributed by atoms with E-state index in [9.17, 15) is 4.79 Å². The Morgan fingerprint density at radius 3 is 2.75 bits per heavy atom. The predicted octanol–water partition coefficient (Wildman–Crippen LogP) is 2.97. The van der Waals surface area contributed by atoms with Crippen LogP contribution in [0.3, 0.4) is 0 Å². The van der Waals surface area contributed by atoms with Crippen molar-refractivity contribution in [1.29, 1.82) is 0 Å². The van der Waals surface area contributed by atoms with Gasteiger partial charge in [-0.3, -0.25) is 4.79 Å². The quantitative estimate of drug-likeness (QED) is 0.845. The molecule has 104 valence electrons. The van der Waals surface area contributed by atoms with Crippen LogP contribution >= 0.6 is 15.9 Å². The summed E-state index contributed by atoms with van der Waals surface area (Å²) in [5, 5.41) is 2.85. The molecule has 5 heteroatoms. The Kier molecular flexibility index (Phi) is 4.63. The molecule has 1 amide bonds. The number of hydrogen-bond acceptors (Lipinski definition) is 3. The Morgan fingerprint density at radius 1 is 1.30 bits per heavy atom. The number of para-hydroxylation sites is 1. The summed E-state index contributed by atoms with van der Waals surface area (Å²) in [5.74, 6) is 0.575. The molecule has 0 fully saturated rings. The Morgan fingerprint density at radius 2 is 2.05 bits per heavy atom. The summed E-state index contributed by atoms with van der Waals surface area (Å²) in [5.41, 5.74) is 7.71. The molecule has 0 saturated heterocycles. The van der Waals surface area contributed by atoms with Gasteiger partial charge in [0, 0.05) is 27.8 Å². The number of hydrogen-bond donors (Lipinski definition) is 2. The van der Waals surface area contributed by atoms with Crippen LogP contribution in [-0.4, -0.2) is 13.0 Å². The van der Waals surface area contributed by atoms with E-state index < -0.39 is 0 Å². The lowest BCUT2D eigenvalue weighted by Crippen LogP contribution is -2.23. The number of anilines is 1. The number of nitrogens with one attached hydrogen (secondary N) is 1. The fourth-order valence-corrected chi connectivity index (χ4v) is 2.38. The van der Waals surface area contributed by atoms with Gasteiger partial charge < -0.3 is 15.8 Å². The van der Waals surface area contributed by atoms with Gasteiger partial charge in [-0.2, -0.15) is 0 Å². The second-order valence-electron chi connectivity index (χ2n) is 4.27. The third-order valence-electron chi connectivity index (χ3n) is 2.81. The molecular weight excluding hydrogens is 320 g/mol. The number of rotatable bonds is 4. The lowest BCUT2D eigenvalue weighted by molar-refractivity contribution is 0.0950. The van der Waals surface area contributed by atoms with Crippen molar-refractivity contribution >= 4 is 27.5 Å². The van der Waals surface area contributed by atoms with Crippen molar-refractivity contribution in [3.63, 3.8) is 0 Å². The van der Waals surface area contributed by atoms with E-state index in [-0.39, 0.29) is 5.91 Å². The number of benzene rings is 2. The van der Waals surface area contributed by atoms with Gasteiger partial charge in [-0.05, 0) is 24.3 Å². The third-order valence-corrected chi connectivity index (χ3v) is 3.27. The normalized spacial score (nSPS) is 10.1. The molecule has 2 aromatic rings. The second kappa shape index (κ2) is 6.43. The minimum absolute atomic E-state index is 0.177. The number of ether oxygens (including phenoxy) is 1. The monoisotopic (exact) mass is 334 g/mol. The van der Waals surface area contributed by atoms with E-state index in [0.29, 0.717) is 17.8 Å². The molecule has 0 saturated carbocycles. The van der Waals surface area contributed by atoms with Crippen LogP contribution < -0.4 is 15.8 Å². The summed E-state index contributed by atoms with van der Waals surface area (Å²) in [6.07, 6.45) is 0. The van der Waals surface area contributed by atoms with Gasteiger partial charge in [-0.1, -0.05) is 34.1 Å². The Hall–Kier alpha value is -2.01. The average Bonchev–Trinajstić information content (AvgIpc) is 2.44. The zero-order chi connectivity index (χ0) is 14.5. The molecule has 2 aromatic carbocycles. The average molecular weight is 335 g/mol. The molecule has 0 aliphatic heterocycles. The molecule has 0 atom stereocenters. The first kappa shape index (κ1) is 14.4. The van der Waals surface area contributed by atoms with Crippen LogP contribution in [0.4, 0.5) is 5.69 Å². The minimum Gasteiger partial charge on any atom is -0.496 e. The van der Waals surface area contributed by atoms with Crippen LogP contribution in [0, 0.1) is 0 Å². The predicted molar refractivity (Wildman–Crippen MR) is 82.7 cm³/mol. The van der Waals surface area contributed by atoms with Crippen molar-refractivity contribution in [2.45, 2.75) is 6.54 Å². The molecule has 0 bridgehead atoms. The SMILES string of the molecule is COc1ccccc1CNC(=O)c1cc(N)cc(Br)c1. The van der Waals surface area contributed by atoms with Gasteiger partial charge >= 0.3 is 0 Å². The topological polar surface area (TPSA) is 64.3 Å². The lowest BCUT2D eigenvalue weighted by Gasteiger charge is -2.10. The number of halogens is 1. The summed E-state index contributed by atoms with van der Waals surface area (Å²) in [6.45, 7) is 0.398. The maximum Gasteiger partial charge on any atom is 0.251 e. The summed E-state index contributed by atoms with van der Waals surface area (Å²) in [6, 6.07) is 12.7. The Labute approximate surface area is 126 Å². The van der Waals surface area contributed by atoms with Crippen molar-refractivity contribution in [2.75, 3.05) is 12.8 Å². The lowest BCUT2D eigenvalue weighted by atomic mass is 10.1. The summed E-state index contributed by atoms with van der Waals surface area (Å²) >= 11 is 3.32. The first-order valence-corrected chi connectivity index (χ1v) is 6.85. The molecule has 20 heavy (non-hydrogen) atoms. The van der Waals surface area contributed by atoms with Gasteiger partial charge in [-0.15, -0.1) is 0 Å². The first-order chi connectivity index (χ1) is 9.60. The molecule has 4 nitrogen and oxygen atoms in total. The summed E-state index contributed by atoms with van der Waals surface area (Å²) in [7, 11) is 1.61. The van der Waals surface area contributed by atoms with Gasteiger partial charge in [0.15, 0.2) is 0 Å². The van der Waals surface area contributed by atoms with E-state index in [4.69, 9.17) is 10.5 Å². The highest BCUT2D eigenvalue weighted by molar-refractivity contribution is 9.10. The van der Waals surface area contributed by atoms with Gasteiger partial charge in [0.25, 0.3) is 5.91 Å².